The van der Waals surface area contributed by atoms with Crippen LogP contribution in [0.1, 0.15) is 18.4 Å². The van der Waals surface area contributed by atoms with Crippen molar-refractivity contribution in [2.24, 2.45) is 5.41 Å². The van der Waals surface area contributed by atoms with Crippen molar-refractivity contribution < 1.29 is 9.53 Å². The summed E-state index contributed by atoms with van der Waals surface area (Å²) in [7, 11) is 0. The maximum atomic E-state index is 11.9. The van der Waals surface area contributed by atoms with Gasteiger partial charge in [-0.05, 0) is 36.0 Å². The van der Waals surface area contributed by atoms with Crippen molar-refractivity contribution in [3.05, 3.63) is 91.3 Å². The molecule has 0 atom stereocenters. The molecule has 3 aliphatic rings. The van der Waals surface area contributed by atoms with Crippen molar-refractivity contribution in [3.8, 4) is 39.7 Å². The highest BCUT2D eigenvalue weighted by atomic mass is 16.5. The Bertz CT molecular complexity index is 1540. The quantitative estimate of drug-likeness (QED) is 0.328. The zero-order chi connectivity index (χ0) is 27.1. The molecule has 1 spiro atoms. The molecular weight excluding hydrogens is 498 g/mol. The van der Waals surface area contributed by atoms with Crippen molar-refractivity contribution in [2.45, 2.75) is 25.9 Å². The molecule has 7 heteroatoms. The molecule has 7 rings (SSSR count). The average molecular weight is 532 g/mol. The van der Waals surface area contributed by atoms with E-state index in [-0.39, 0.29) is 5.91 Å². The second-order valence-electron chi connectivity index (χ2n) is 11.2. The average Bonchev–Trinajstić information content (AvgIpc) is 3.27. The van der Waals surface area contributed by atoms with Crippen molar-refractivity contribution >= 4 is 5.91 Å². The minimum Gasteiger partial charge on any atom is -0.491 e. The van der Waals surface area contributed by atoms with E-state index >= 15 is 0 Å². The predicted octanol–water partition coefficient (Wildman–Crippen LogP) is 5.28. The number of fused-ring (bicyclic) bond motifs is 3. The molecule has 202 valence electrons. The summed E-state index contributed by atoms with van der Waals surface area (Å²) in [6.45, 7) is 9.77. The van der Waals surface area contributed by atoms with Gasteiger partial charge in [0, 0.05) is 56.2 Å². The Kier molecular flexibility index (Phi) is 6.24. The zero-order valence-corrected chi connectivity index (χ0v) is 22.6. The number of carbonyl (C=O) groups is 1. The first kappa shape index (κ1) is 24.8. The molecular formula is C33H33N5O2. The first-order valence-electron chi connectivity index (χ1n) is 14.1. The van der Waals surface area contributed by atoms with Crippen LogP contribution in [0.15, 0.2) is 85.7 Å². The first-order valence-corrected chi connectivity index (χ1v) is 14.1. The number of likely N-dealkylation sites (tertiary alicyclic amines) is 2. The van der Waals surface area contributed by atoms with Crippen molar-refractivity contribution in [2.75, 3.05) is 32.8 Å². The molecule has 0 bridgehead atoms. The zero-order valence-electron chi connectivity index (χ0n) is 22.6. The number of benzene rings is 2. The summed E-state index contributed by atoms with van der Waals surface area (Å²) in [5.41, 5.74) is 6.93. The molecule has 0 radical (unpaired) electrons. The summed E-state index contributed by atoms with van der Waals surface area (Å²) >= 11 is 0. The van der Waals surface area contributed by atoms with Crippen LogP contribution in [0.3, 0.4) is 0 Å². The van der Waals surface area contributed by atoms with E-state index in [1.807, 2.05) is 23.2 Å². The van der Waals surface area contributed by atoms with Crippen molar-refractivity contribution in [1.29, 1.82) is 0 Å². The van der Waals surface area contributed by atoms with Crippen LogP contribution in [-0.2, 0) is 17.9 Å². The van der Waals surface area contributed by atoms with Crippen LogP contribution in [0.2, 0.25) is 0 Å². The molecule has 2 fully saturated rings. The molecule has 0 unspecified atom stereocenters. The van der Waals surface area contributed by atoms with Crippen molar-refractivity contribution in [1.82, 2.24) is 24.3 Å². The van der Waals surface area contributed by atoms with E-state index in [0.717, 1.165) is 91.8 Å². The summed E-state index contributed by atoms with van der Waals surface area (Å²) in [4.78, 5) is 25.9. The minimum atomic E-state index is 0.0601. The van der Waals surface area contributed by atoms with Gasteiger partial charge in [-0.2, -0.15) is 0 Å². The van der Waals surface area contributed by atoms with Crippen LogP contribution >= 0.6 is 0 Å². The Morgan fingerprint density at radius 1 is 0.975 bits per heavy atom. The van der Waals surface area contributed by atoms with Gasteiger partial charge in [-0.1, -0.05) is 61.2 Å². The Labute approximate surface area is 234 Å². The number of imidazole rings is 1. The third kappa shape index (κ3) is 4.40. The van der Waals surface area contributed by atoms with E-state index in [9.17, 15) is 4.79 Å². The van der Waals surface area contributed by atoms with Crippen LogP contribution < -0.4 is 4.74 Å². The third-order valence-corrected chi connectivity index (χ3v) is 8.67. The summed E-state index contributed by atoms with van der Waals surface area (Å²) in [5.74, 6) is 1.78. The van der Waals surface area contributed by atoms with Gasteiger partial charge in [-0.25, -0.2) is 4.98 Å². The molecule has 5 heterocycles. The molecule has 1 amide bonds. The SMILES string of the molecule is C=CC(=O)N1CCC2(CC1)CN(Cc1ccc(-c3nc4n(c3-c3ccccc3)CCOc3ccncc3-4)cc1)C2. The fourth-order valence-corrected chi connectivity index (χ4v) is 6.58. The highest BCUT2D eigenvalue weighted by Gasteiger charge is 2.44. The number of aromatic nitrogens is 3. The standard InChI is InChI=1S/C33H33N5O2/c1-2-29(39)37-16-13-33(14-17-37)22-36(23-33)21-24-8-10-25(11-9-24)30-31(26-6-4-3-5-7-26)38-18-19-40-28-12-15-34-20-27(28)32(38)35-30/h2-12,15,20H,1,13-14,16-19,21-23H2. The van der Waals surface area contributed by atoms with Gasteiger partial charge >= 0.3 is 0 Å². The fourth-order valence-electron chi connectivity index (χ4n) is 6.58. The van der Waals surface area contributed by atoms with Crippen LogP contribution in [0.25, 0.3) is 33.9 Å². The molecule has 7 nitrogen and oxygen atoms in total. The van der Waals surface area contributed by atoms with Gasteiger partial charge in [0.2, 0.25) is 5.91 Å². The number of ether oxygens (including phenoxy) is 1. The van der Waals surface area contributed by atoms with Gasteiger partial charge in [0.15, 0.2) is 0 Å². The molecule has 2 saturated heterocycles. The first-order chi connectivity index (χ1) is 19.6. The Balaban J connectivity index is 1.12. The lowest BCUT2D eigenvalue weighted by molar-refractivity contribution is -0.131. The molecule has 0 N–H and O–H groups in total. The van der Waals surface area contributed by atoms with E-state index < -0.39 is 0 Å². The van der Waals surface area contributed by atoms with Crippen LogP contribution in [-0.4, -0.2) is 63.0 Å². The number of hydrogen-bond donors (Lipinski definition) is 0. The monoisotopic (exact) mass is 531 g/mol. The highest BCUT2D eigenvalue weighted by Crippen LogP contribution is 2.42. The number of carbonyl (C=O) groups excluding carboxylic acids is 1. The number of amides is 1. The second-order valence-corrected chi connectivity index (χ2v) is 11.2. The molecule has 2 aromatic heterocycles. The van der Waals surface area contributed by atoms with Crippen LogP contribution in [0.4, 0.5) is 0 Å². The molecule has 0 saturated carbocycles. The van der Waals surface area contributed by atoms with Crippen molar-refractivity contribution in [3.63, 3.8) is 0 Å². The van der Waals surface area contributed by atoms with Gasteiger partial charge < -0.3 is 14.2 Å². The van der Waals surface area contributed by atoms with Gasteiger partial charge in [0.25, 0.3) is 0 Å². The maximum Gasteiger partial charge on any atom is 0.245 e. The summed E-state index contributed by atoms with van der Waals surface area (Å²) in [6.07, 6.45) is 7.21. The largest absolute Gasteiger partial charge is 0.491 e. The lowest BCUT2D eigenvalue weighted by Gasteiger charge is -2.54. The number of nitrogens with zero attached hydrogens (tertiary/aromatic N) is 5. The van der Waals surface area contributed by atoms with Gasteiger partial charge in [-0.3, -0.25) is 14.7 Å². The van der Waals surface area contributed by atoms with Gasteiger partial charge in [0.1, 0.15) is 18.2 Å². The predicted molar refractivity (Wildman–Crippen MR) is 156 cm³/mol. The number of pyridine rings is 1. The Morgan fingerprint density at radius 2 is 1.75 bits per heavy atom. The van der Waals surface area contributed by atoms with Gasteiger partial charge in [0.05, 0.1) is 23.5 Å². The van der Waals surface area contributed by atoms with E-state index in [2.05, 4.69) is 69.6 Å². The van der Waals surface area contributed by atoms with Crippen LogP contribution in [0, 0.1) is 5.41 Å². The molecule has 4 aromatic rings. The number of hydrogen-bond acceptors (Lipinski definition) is 5. The smallest absolute Gasteiger partial charge is 0.245 e. The Hall–Kier alpha value is -4.23. The minimum absolute atomic E-state index is 0.0601. The Morgan fingerprint density at radius 3 is 2.50 bits per heavy atom. The fraction of sp³-hybridized carbons (Fsp3) is 0.303. The lowest BCUT2D eigenvalue weighted by atomic mass is 9.72. The maximum absolute atomic E-state index is 11.9. The van der Waals surface area contributed by atoms with E-state index in [0.29, 0.717) is 12.0 Å². The van der Waals surface area contributed by atoms with E-state index in [1.54, 1.807) is 6.20 Å². The normalized spacial score (nSPS) is 17.8. The topological polar surface area (TPSA) is 63.5 Å². The third-order valence-electron chi connectivity index (χ3n) is 8.67. The van der Waals surface area contributed by atoms with E-state index in [1.165, 1.54) is 11.6 Å². The molecule has 0 aliphatic carbocycles. The number of piperidine rings is 1. The summed E-state index contributed by atoms with van der Waals surface area (Å²) in [5, 5.41) is 0. The molecule has 3 aliphatic heterocycles. The summed E-state index contributed by atoms with van der Waals surface area (Å²) in [6, 6.07) is 21.3. The molecule has 40 heavy (non-hydrogen) atoms. The highest BCUT2D eigenvalue weighted by molar-refractivity contribution is 5.87. The lowest BCUT2D eigenvalue weighted by Crippen LogP contribution is -2.60. The summed E-state index contributed by atoms with van der Waals surface area (Å²) < 4.78 is 8.31. The number of rotatable bonds is 5. The van der Waals surface area contributed by atoms with Gasteiger partial charge in [-0.15, -0.1) is 0 Å². The van der Waals surface area contributed by atoms with E-state index in [4.69, 9.17) is 9.72 Å². The molecule has 2 aromatic carbocycles. The van der Waals surface area contributed by atoms with Crippen LogP contribution in [0.5, 0.6) is 5.75 Å². The second kappa shape index (κ2) is 10.1.